The number of aliphatic hydroxyl groups is 1. The van der Waals surface area contributed by atoms with Crippen molar-refractivity contribution in [2.24, 2.45) is 5.92 Å². The third kappa shape index (κ3) is 4.69. The standard InChI is InChI=1S/C14H16Cl2N2O4/c1-7(2)11(6-19)17-5-10(14(21)22)12(20)9-3-8(15)4-18-13(9)16/h3-5,7,11,17,19H,6H2,1-2H3,(H,21,22). The number of pyridine rings is 1. The van der Waals surface area contributed by atoms with Gasteiger partial charge in [0, 0.05) is 12.4 Å². The zero-order chi connectivity index (χ0) is 16.9. The van der Waals surface area contributed by atoms with E-state index in [0.717, 1.165) is 6.20 Å². The van der Waals surface area contributed by atoms with E-state index in [-0.39, 0.29) is 34.3 Å². The Hall–Kier alpha value is -1.63. The molecule has 120 valence electrons. The molecule has 0 spiro atoms. The number of carboxylic acids is 1. The second-order valence-corrected chi connectivity index (χ2v) is 5.68. The van der Waals surface area contributed by atoms with Gasteiger partial charge in [-0.05, 0) is 12.0 Å². The number of nitrogens with one attached hydrogen (secondary N) is 1. The summed E-state index contributed by atoms with van der Waals surface area (Å²) in [6.07, 6.45) is 2.31. The van der Waals surface area contributed by atoms with E-state index in [1.807, 2.05) is 13.8 Å². The number of rotatable bonds is 7. The second kappa shape index (κ2) is 8.12. The molecule has 0 aliphatic rings. The molecule has 1 atom stereocenters. The van der Waals surface area contributed by atoms with Gasteiger partial charge in [-0.2, -0.15) is 0 Å². The van der Waals surface area contributed by atoms with Crippen LogP contribution in [-0.2, 0) is 4.79 Å². The highest BCUT2D eigenvalue weighted by Gasteiger charge is 2.23. The van der Waals surface area contributed by atoms with Gasteiger partial charge < -0.3 is 15.5 Å². The third-order valence-electron chi connectivity index (χ3n) is 2.97. The van der Waals surface area contributed by atoms with E-state index in [1.54, 1.807) is 0 Å². The number of aliphatic hydroxyl groups excluding tert-OH is 1. The van der Waals surface area contributed by atoms with Crippen molar-refractivity contribution in [3.8, 4) is 0 Å². The van der Waals surface area contributed by atoms with Gasteiger partial charge in [0.1, 0.15) is 10.7 Å². The topological polar surface area (TPSA) is 99.5 Å². The van der Waals surface area contributed by atoms with Crippen LogP contribution in [0.4, 0.5) is 0 Å². The summed E-state index contributed by atoms with van der Waals surface area (Å²) < 4.78 is 0. The molecule has 0 amide bonds. The zero-order valence-corrected chi connectivity index (χ0v) is 13.5. The van der Waals surface area contributed by atoms with Crippen LogP contribution in [0.1, 0.15) is 24.2 Å². The number of aliphatic carboxylic acids is 1. The number of hydrogen-bond donors (Lipinski definition) is 3. The molecule has 22 heavy (non-hydrogen) atoms. The number of nitrogens with zero attached hydrogens (tertiary/aromatic N) is 1. The maximum atomic E-state index is 12.3. The Morgan fingerprint density at radius 3 is 2.55 bits per heavy atom. The highest BCUT2D eigenvalue weighted by molar-refractivity contribution is 6.37. The van der Waals surface area contributed by atoms with Crippen LogP contribution >= 0.6 is 23.2 Å². The molecule has 1 aromatic rings. The van der Waals surface area contributed by atoms with Crippen molar-refractivity contribution in [2.45, 2.75) is 19.9 Å². The van der Waals surface area contributed by atoms with E-state index in [4.69, 9.17) is 23.2 Å². The van der Waals surface area contributed by atoms with Gasteiger partial charge in [-0.25, -0.2) is 9.78 Å². The zero-order valence-electron chi connectivity index (χ0n) is 12.0. The Balaban J connectivity index is 3.12. The summed E-state index contributed by atoms with van der Waals surface area (Å²) in [5, 5.41) is 21.2. The maximum absolute atomic E-state index is 12.3. The predicted octanol–water partition coefficient (Wildman–Crippen LogP) is 2.15. The molecule has 0 fully saturated rings. The Kier molecular flexibility index (Phi) is 6.80. The first-order chi connectivity index (χ1) is 10.3. The van der Waals surface area contributed by atoms with Crippen LogP contribution in [-0.4, -0.2) is 39.6 Å². The molecule has 6 nitrogen and oxygen atoms in total. The number of halogens is 2. The predicted molar refractivity (Wildman–Crippen MR) is 83.2 cm³/mol. The van der Waals surface area contributed by atoms with Crippen molar-refractivity contribution >= 4 is 35.0 Å². The van der Waals surface area contributed by atoms with Crippen molar-refractivity contribution in [2.75, 3.05) is 6.61 Å². The summed E-state index contributed by atoms with van der Waals surface area (Å²) >= 11 is 11.6. The Bertz CT molecular complexity index is 603. The highest BCUT2D eigenvalue weighted by atomic mass is 35.5. The Labute approximate surface area is 137 Å². The molecule has 8 heteroatoms. The van der Waals surface area contributed by atoms with E-state index in [2.05, 4.69) is 10.3 Å². The van der Waals surface area contributed by atoms with Crippen molar-refractivity contribution in [1.29, 1.82) is 0 Å². The molecular formula is C14H16Cl2N2O4. The Morgan fingerprint density at radius 2 is 2.05 bits per heavy atom. The summed E-state index contributed by atoms with van der Waals surface area (Å²) in [5.74, 6) is -2.20. The number of ketones is 1. The monoisotopic (exact) mass is 346 g/mol. The van der Waals surface area contributed by atoms with Crippen LogP contribution in [0, 0.1) is 5.92 Å². The van der Waals surface area contributed by atoms with Gasteiger partial charge in [0.15, 0.2) is 0 Å². The maximum Gasteiger partial charge on any atom is 0.341 e. The molecule has 1 aromatic heterocycles. The number of carbonyl (C=O) groups is 2. The fourth-order valence-corrected chi connectivity index (χ4v) is 1.94. The summed E-state index contributed by atoms with van der Waals surface area (Å²) in [6, 6.07) is 0.872. The lowest BCUT2D eigenvalue weighted by molar-refractivity contribution is -0.132. The van der Waals surface area contributed by atoms with Crippen molar-refractivity contribution in [3.63, 3.8) is 0 Å². The number of carbonyl (C=O) groups excluding carboxylic acids is 1. The highest BCUT2D eigenvalue weighted by Crippen LogP contribution is 2.20. The van der Waals surface area contributed by atoms with E-state index in [9.17, 15) is 19.8 Å². The first kappa shape index (κ1) is 18.4. The fraction of sp³-hybridized carbons (Fsp3) is 0.357. The second-order valence-electron chi connectivity index (χ2n) is 4.88. The van der Waals surface area contributed by atoms with E-state index in [0.29, 0.717) is 0 Å². The molecule has 0 aliphatic heterocycles. The van der Waals surface area contributed by atoms with Gasteiger partial charge in [-0.1, -0.05) is 37.0 Å². The van der Waals surface area contributed by atoms with Crippen LogP contribution in [0.5, 0.6) is 0 Å². The van der Waals surface area contributed by atoms with E-state index in [1.165, 1.54) is 12.3 Å². The summed E-state index contributed by atoms with van der Waals surface area (Å²) in [7, 11) is 0. The minimum atomic E-state index is -1.42. The molecule has 0 bridgehead atoms. The number of carboxylic acid groups (broad SMARTS) is 1. The smallest absolute Gasteiger partial charge is 0.341 e. The molecule has 1 unspecified atom stereocenters. The van der Waals surface area contributed by atoms with Crippen LogP contribution in [0.3, 0.4) is 0 Å². The van der Waals surface area contributed by atoms with E-state index < -0.39 is 17.3 Å². The molecule has 3 N–H and O–H groups in total. The lowest BCUT2D eigenvalue weighted by atomic mass is 10.0. The first-order valence-corrected chi connectivity index (χ1v) is 7.19. The van der Waals surface area contributed by atoms with Crippen LogP contribution < -0.4 is 5.32 Å². The van der Waals surface area contributed by atoms with Gasteiger partial charge in [-0.3, -0.25) is 4.79 Å². The van der Waals surface area contributed by atoms with Crippen molar-refractivity contribution < 1.29 is 19.8 Å². The van der Waals surface area contributed by atoms with Gasteiger partial charge in [0.25, 0.3) is 0 Å². The SMILES string of the molecule is CC(C)C(CO)NC=C(C(=O)O)C(=O)c1cc(Cl)cnc1Cl. The molecule has 0 saturated heterocycles. The first-order valence-electron chi connectivity index (χ1n) is 6.44. The van der Waals surface area contributed by atoms with Crippen molar-refractivity contribution in [3.05, 3.63) is 39.8 Å². The normalized spacial score (nSPS) is 13.1. The van der Waals surface area contributed by atoms with Crippen LogP contribution in [0.25, 0.3) is 0 Å². The molecule has 0 aromatic carbocycles. The van der Waals surface area contributed by atoms with Crippen LogP contribution in [0.2, 0.25) is 10.2 Å². The average molecular weight is 347 g/mol. The summed E-state index contributed by atoms with van der Waals surface area (Å²) in [4.78, 5) is 27.3. The largest absolute Gasteiger partial charge is 0.477 e. The molecule has 0 radical (unpaired) electrons. The minimum Gasteiger partial charge on any atom is -0.477 e. The van der Waals surface area contributed by atoms with Gasteiger partial charge in [0.2, 0.25) is 5.78 Å². The number of aromatic nitrogens is 1. The Morgan fingerprint density at radius 1 is 1.41 bits per heavy atom. The molecular weight excluding hydrogens is 331 g/mol. The molecule has 0 aliphatic carbocycles. The van der Waals surface area contributed by atoms with Crippen LogP contribution in [0.15, 0.2) is 24.0 Å². The van der Waals surface area contributed by atoms with Gasteiger partial charge in [-0.15, -0.1) is 0 Å². The molecule has 1 heterocycles. The molecule has 1 rings (SSSR count). The van der Waals surface area contributed by atoms with Gasteiger partial charge >= 0.3 is 5.97 Å². The number of Topliss-reactive ketones (excluding diaryl/α,β-unsaturated/α-hetero) is 1. The lowest BCUT2D eigenvalue weighted by Gasteiger charge is -2.18. The molecule has 0 saturated carbocycles. The van der Waals surface area contributed by atoms with Gasteiger partial charge in [0.05, 0.1) is 23.2 Å². The lowest BCUT2D eigenvalue weighted by Crippen LogP contribution is -2.34. The quantitative estimate of drug-likeness (QED) is 0.230. The fourth-order valence-electron chi connectivity index (χ4n) is 1.60. The van der Waals surface area contributed by atoms with Crippen molar-refractivity contribution in [1.82, 2.24) is 10.3 Å². The average Bonchev–Trinajstić information content (AvgIpc) is 2.44. The third-order valence-corrected chi connectivity index (χ3v) is 3.48. The summed E-state index contributed by atoms with van der Waals surface area (Å²) in [6.45, 7) is 3.50. The summed E-state index contributed by atoms with van der Waals surface area (Å²) in [5.41, 5.74) is -0.625. The number of hydrogen-bond acceptors (Lipinski definition) is 5. The van der Waals surface area contributed by atoms with E-state index >= 15 is 0 Å². The minimum absolute atomic E-state index is 0.0443.